The first-order valence-corrected chi connectivity index (χ1v) is 8.10. The van der Waals surface area contributed by atoms with Gasteiger partial charge in [-0.25, -0.2) is 8.42 Å². The maximum absolute atomic E-state index is 12.6. The Balaban J connectivity index is 2.24. The molecule has 0 aromatic heterocycles. The van der Waals surface area contributed by atoms with Gasteiger partial charge in [-0.15, -0.1) is 0 Å². The molecule has 0 radical (unpaired) electrons. The molecular formula is C13H18F2N2O3S. The minimum Gasteiger partial charge on any atom is -0.433 e. The molecule has 21 heavy (non-hydrogen) atoms. The summed E-state index contributed by atoms with van der Waals surface area (Å²) in [5, 5.41) is 3.11. The lowest BCUT2D eigenvalue weighted by Gasteiger charge is -2.31. The highest BCUT2D eigenvalue weighted by molar-refractivity contribution is 7.89. The Morgan fingerprint density at radius 2 is 1.90 bits per heavy atom. The van der Waals surface area contributed by atoms with Gasteiger partial charge < -0.3 is 10.1 Å². The molecule has 0 amide bonds. The highest BCUT2D eigenvalue weighted by Gasteiger charge is 2.31. The topological polar surface area (TPSA) is 58.6 Å². The fourth-order valence-electron chi connectivity index (χ4n) is 2.38. The van der Waals surface area contributed by atoms with Crippen LogP contribution in [0.4, 0.5) is 8.78 Å². The van der Waals surface area contributed by atoms with E-state index in [4.69, 9.17) is 0 Å². The van der Waals surface area contributed by atoms with Crippen molar-refractivity contribution in [3.8, 4) is 5.75 Å². The van der Waals surface area contributed by atoms with E-state index in [-0.39, 0.29) is 16.7 Å². The van der Waals surface area contributed by atoms with Gasteiger partial charge in [0.1, 0.15) is 10.6 Å². The lowest BCUT2D eigenvalue weighted by atomic mass is 10.1. The van der Waals surface area contributed by atoms with Crippen molar-refractivity contribution in [2.24, 2.45) is 0 Å². The molecule has 1 aromatic rings. The molecule has 1 aromatic carbocycles. The number of piperidine rings is 1. The van der Waals surface area contributed by atoms with E-state index in [0.29, 0.717) is 25.9 Å². The second kappa shape index (κ2) is 6.67. The summed E-state index contributed by atoms with van der Waals surface area (Å²) in [4.78, 5) is -0.215. The van der Waals surface area contributed by atoms with Crippen LogP contribution >= 0.6 is 0 Å². The highest BCUT2D eigenvalue weighted by atomic mass is 32.2. The van der Waals surface area contributed by atoms with E-state index < -0.39 is 16.6 Å². The van der Waals surface area contributed by atoms with Crippen molar-refractivity contribution >= 4 is 10.0 Å². The third-order valence-corrected chi connectivity index (χ3v) is 5.48. The highest BCUT2D eigenvalue weighted by Crippen LogP contribution is 2.29. The predicted molar refractivity (Wildman–Crippen MR) is 73.9 cm³/mol. The molecule has 1 saturated heterocycles. The molecule has 8 heteroatoms. The van der Waals surface area contributed by atoms with Crippen LogP contribution in [0, 0.1) is 0 Å². The van der Waals surface area contributed by atoms with Crippen molar-refractivity contribution < 1.29 is 21.9 Å². The first kappa shape index (κ1) is 16.1. The number of alkyl halides is 2. The van der Waals surface area contributed by atoms with Crippen LogP contribution in [0.3, 0.4) is 0 Å². The van der Waals surface area contributed by atoms with E-state index in [1.54, 1.807) is 0 Å². The van der Waals surface area contributed by atoms with Gasteiger partial charge in [0.2, 0.25) is 10.0 Å². The minimum atomic E-state index is -3.82. The molecule has 0 aliphatic carbocycles. The van der Waals surface area contributed by atoms with Crippen LogP contribution in [0.1, 0.15) is 12.8 Å². The maximum atomic E-state index is 12.6. The number of halogens is 2. The van der Waals surface area contributed by atoms with Gasteiger partial charge in [0.25, 0.3) is 0 Å². The SMILES string of the molecule is CNC1CCN(S(=O)(=O)c2ccccc2OC(F)F)CC1. The standard InChI is InChI=1S/C13H18F2N2O3S/c1-16-10-6-8-17(9-7-10)21(18,19)12-5-3-2-4-11(12)20-13(14)15/h2-5,10,13,16H,6-9H2,1H3. The molecule has 118 valence electrons. The molecule has 0 atom stereocenters. The quantitative estimate of drug-likeness (QED) is 0.896. The zero-order valence-electron chi connectivity index (χ0n) is 11.6. The van der Waals surface area contributed by atoms with Crippen LogP contribution in [-0.2, 0) is 10.0 Å². The summed E-state index contributed by atoms with van der Waals surface area (Å²) in [5.74, 6) is -0.316. The van der Waals surface area contributed by atoms with Crippen molar-refractivity contribution in [2.75, 3.05) is 20.1 Å². The van der Waals surface area contributed by atoms with Gasteiger partial charge >= 0.3 is 6.61 Å². The molecule has 1 fully saturated rings. The lowest BCUT2D eigenvalue weighted by Crippen LogP contribution is -2.43. The fourth-order valence-corrected chi connectivity index (χ4v) is 3.97. The zero-order chi connectivity index (χ0) is 15.5. The van der Waals surface area contributed by atoms with Gasteiger partial charge in [-0.3, -0.25) is 0 Å². The van der Waals surface area contributed by atoms with Crippen LogP contribution in [0.25, 0.3) is 0 Å². The van der Waals surface area contributed by atoms with E-state index in [9.17, 15) is 17.2 Å². The van der Waals surface area contributed by atoms with Crippen molar-refractivity contribution in [3.63, 3.8) is 0 Å². The molecule has 1 N–H and O–H groups in total. The summed E-state index contributed by atoms with van der Waals surface area (Å²) < 4.78 is 55.5. The van der Waals surface area contributed by atoms with E-state index in [0.717, 1.165) is 0 Å². The van der Waals surface area contributed by atoms with Crippen molar-refractivity contribution in [1.29, 1.82) is 0 Å². The molecule has 0 bridgehead atoms. The number of ether oxygens (including phenoxy) is 1. The normalized spacial score (nSPS) is 18.1. The summed E-state index contributed by atoms with van der Waals surface area (Å²) in [6.07, 6.45) is 1.38. The van der Waals surface area contributed by atoms with E-state index in [1.807, 2.05) is 7.05 Å². The van der Waals surface area contributed by atoms with Crippen LogP contribution in [0.5, 0.6) is 5.75 Å². The molecular weight excluding hydrogens is 302 g/mol. The Kier molecular flexibility index (Phi) is 5.13. The second-order valence-electron chi connectivity index (χ2n) is 4.79. The summed E-state index contributed by atoms with van der Waals surface area (Å²) in [6.45, 7) is -2.34. The number of rotatable bonds is 5. The van der Waals surface area contributed by atoms with Gasteiger partial charge in [0.15, 0.2) is 0 Å². The van der Waals surface area contributed by atoms with Gasteiger partial charge in [-0.05, 0) is 32.0 Å². The van der Waals surface area contributed by atoms with Crippen LogP contribution in [0.2, 0.25) is 0 Å². The Hall–Kier alpha value is -1.25. The van der Waals surface area contributed by atoms with Crippen molar-refractivity contribution in [3.05, 3.63) is 24.3 Å². The number of nitrogens with zero attached hydrogens (tertiary/aromatic N) is 1. The van der Waals surface area contributed by atoms with E-state index >= 15 is 0 Å². The largest absolute Gasteiger partial charge is 0.433 e. The van der Waals surface area contributed by atoms with E-state index in [2.05, 4.69) is 10.1 Å². The number of sulfonamides is 1. The second-order valence-corrected chi connectivity index (χ2v) is 6.70. The minimum absolute atomic E-state index is 0.215. The third-order valence-electron chi connectivity index (χ3n) is 3.55. The van der Waals surface area contributed by atoms with Crippen molar-refractivity contribution in [1.82, 2.24) is 9.62 Å². The maximum Gasteiger partial charge on any atom is 0.387 e. The first-order valence-electron chi connectivity index (χ1n) is 6.66. The monoisotopic (exact) mass is 320 g/mol. The third kappa shape index (κ3) is 3.69. The smallest absolute Gasteiger partial charge is 0.387 e. The average molecular weight is 320 g/mol. The van der Waals surface area contributed by atoms with Crippen LogP contribution in [0.15, 0.2) is 29.2 Å². The number of hydrogen-bond donors (Lipinski definition) is 1. The van der Waals surface area contributed by atoms with Gasteiger partial charge in [-0.1, -0.05) is 12.1 Å². The molecule has 0 unspecified atom stereocenters. The first-order chi connectivity index (χ1) is 9.95. The summed E-state index contributed by atoms with van der Waals surface area (Å²) >= 11 is 0. The lowest BCUT2D eigenvalue weighted by molar-refractivity contribution is -0.0518. The molecule has 1 aliphatic heterocycles. The summed E-state index contributed by atoms with van der Waals surface area (Å²) in [5.41, 5.74) is 0. The molecule has 0 spiro atoms. The number of hydrogen-bond acceptors (Lipinski definition) is 4. The predicted octanol–water partition coefficient (Wildman–Crippen LogP) is 1.66. The van der Waals surface area contributed by atoms with Crippen LogP contribution in [-0.4, -0.2) is 45.5 Å². The van der Waals surface area contributed by atoms with Gasteiger partial charge in [0, 0.05) is 19.1 Å². The van der Waals surface area contributed by atoms with Gasteiger partial charge in [-0.2, -0.15) is 13.1 Å². The van der Waals surface area contributed by atoms with Gasteiger partial charge in [0.05, 0.1) is 0 Å². The average Bonchev–Trinajstić information content (AvgIpc) is 2.47. The fraction of sp³-hybridized carbons (Fsp3) is 0.538. The number of para-hydroxylation sites is 1. The molecule has 1 heterocycles. The Morgan fingerprint density at radius 3 is 2.48 bits per heavy atom. The molecule has 2 rings (SSSR count). The van der Waals surface area contributed by atoms with Crippen LogP contribution < -0.4 is 10.1 Å². The Bertz CT molecular complexity index is 573. The zero-order valence-corrected chi connectivity index (χ0v) is 12.4. The Morgan fingerprint density at radius 1 is 1.29 bits per heavy atom. The number of benzene rings is 1. The molecule has 1 aliphatic rings. The molecule has 5 nitrogen and oxygen atoms in total. The van der Waals surface area contributed by atoms with Crippen molar-refractivity contribution in [2.45, 2.75) is 30.4 Å². The van der Waals surface area contributed by atoms with E-state index in [1.165, 1.54) is 28.6 Å². The number of nitrogens with one attached hydrogen (secondary N) is 1. The molecule has 0 saturated carbocycles. The Labute approximate surface area is 122 Å². The summed E-state index contributed by atoms with van der Waals surface area (Å²) in [6, 6.07) is 5.76. The summed E-state index contributed by atoms with van der Waals surface area (Å²) in [7, 11) is -1.99.